The van der Waals surface area contributed by atoms with Gasteiger partial charge in [0.25, 0.3) is 0 Å². The second-order valence-corrected chi connectivity index (χ2v) is 7.89. The largest absolute Gasteiger partial charge is 0.494 e. The quantitative estimate of drug-likeness (QED) is 0.545. The first-order chi connectivity index (χ1) is 15.5. The maximum Gasteiger partial charge on any atom is 0.416 e. The van der Waals surface area contributed by atoms with Crippen LogP contribution in [0.2, 0.25) is 0 Å². The molecule has 1 fully saturated rings. The van der Waals surface area contributed by atoms with E-state index in [9.17, 15) is 13.2 Å². The van der Waals surface area contributed by atoms with Crippen LogP contribution in [-0.4, -0.2) is 49.1 Å². The predicted molar refractivity (Wildman–Crippen MR) is 114 cm³/mol. The fraction of sp³-hybridized carbons (Fsp3) is 0.417. The van der Waals surface area contributed by atoms with Crippen molar-refractivity contribution in [1.82, 2.24) is 9.80 Å². The molecule has 1 aromatic rings. The zero-order valence-electron chi connectivity index (χ0n) is 17.8. The van der Waals surface area contributed by atoms with E-state index in [-0.39, 0.29) is 0 Å². The molecule has 0 saturated carbocycles. The molecule has 8 heteroatoms. The summed E-state index contributed by atoms with van der Waals surface area (Å²) in [6.07, 6.45) is 8.04. The molecule has 0 spiro atoms. The maximum absolute atomic E-state index is 12.6. The Morgan fingerprint density at radius 3 is 2.38 bits per heavy atom. The molecule has 4 rings (SSSR count). The molecule has 5 nitrogen and oxygen atoms in total. The molecule has 0 unspecified atom stereocenters. The number of alkyl halides is 3. The lowest BCUT2D eigenvalue weighted by Crippen LogP contribution is -2.46. The number of hydrogen-bond donors (Lipinski definition) is 0. The van der Waals surface area contributed by atoms with Crippen molar-refractivity contribution in [3.05, 3.63) is 77.8 Å². The number of rotatable bonds is 7. The molecule has 0 radical (unpaired) electrons. The van der Waals surface area contributed by atoms with E-state index in [0.717, 1.165) is 81.3 Å². The SMILES string of the molecule is FC(F)(F)c1ccc(OCCCN2CCN(C3=COC(C4=CC=CCC4)=CO3)CC2)cc1. The molecule has 0 amide bonds. The summed E-state index contributed by atoms with van der Waals surface area (Å²) in [7, 11) is 0. The maximum atomic E-state index is 12.6. The van der Waals surface area contributed by atoms with Gasteiger partial charge in [0.2, 0.25) is 5.88 Å². The van der Waals surface area contributed by atoms with E-state index in [0.29, 0.717) is 12.4 Å². The highest BCUT2D eigenvalue weighted by Crippen LogP contribution is 2.30. The lowest BCUT2D eigenvalue weighted by atomic mass is 10.0. The predicted octanol–water partition coefficient (Wildman–Crippen LogP) is 5.06. The highest BCUT2D eigenvalue weighted by Gasteiger charge is 2.30. The van der Waals surface area contributed by atoms with E-state index >= 15 is 0 Å². The minimum atomic E-state index is -4.32. The lowest BCUT2D eigenvalue weighted by molar-refractivity contribution is -0.137. The van der Waals surface area contributed by atoms with Gasteiger partial charge in [-0.3, -0.25) is 4.90 Å². The van der Waals surface area contributed by atoms with E-state index in [4.69, 9.17) is 14.2 Å². The first-order valence-corrected chi connectivity index (χ1v) is 10.9. The summed E-state index contributed by atoms with van der Waals surface area (Å²) in [5.41, 5.74) is 0.478. The van der Waals surface area contributed by atoms with Crippen LogP contribution in [0.4, 0.5) is 13.2 Å². The second-order valence-electron chi connectivity index (χ2n) is 7.89. The zero-order chi connectivity index (χ0) is 22.4. The number of hydrogen-bond acceptors (Lipinski definition) is 5. The Morgan fingerprint density at radius 2 is 1.75 bits per heavy atom. The number of allylic oxidation sites excluding steroid dienone is 4. The average Bonchev–Trinajstić information content (AvgIpc) is 2.83. The number of halogens is 3. The van der Waals surface area contributed by atoms with Crippen LogP contribution in [0.5, 0.6) is 5.75 Å². The van der Waals surface area contributed by atoms with Crippen molar-refractivity contribution in [1.29, 1.82) is 0 Å². The van der Waals surface area contributed by atoms with Crippen molar-refractivity contribution in [2.24, 2.45) is 0 Å². The van der Waals surface area contributed by atoms with Crippen molar-refractivity contribution in [3.63, 3.8) is 0 Å². The third-order valence-corrected chi connectivity index (χ3v) is 5.66. The van der Waals surface area contributed by atoms with Gasteiger partial charge < -0.3 is 19.1 Å². The summed E-state index contributed by atoms with van der Waals surface area (Å²) >= 11 is 0. The molecule has 0 bridgehead atoms. The monoisotopic (exact) mass is 448 g/mol. The molecule has 172 valence electrons. The van der Waals surface area contributed by atoms with Crippen molar-refractivity contribution >= 4 is 0 Å². The van der Waals surface area contributed by atoms with Crippen molar-refractivity contribution in [2.75, 3.05) is 39.3 Å². The normalized spacial score (nSPS) is 19.5. The van der Waals surface area contributed by atoms with E-state index in [1.165, 1.54) is 12.1 Å². The van der Waals surface area contributed by atoms with Crippen LogP contribution in [0.25, 0.3) is 0 Å². The zero-order valence-corrected chi connectivity index (χ0v) is 17.8. The molecule has 2 aliphatic heterocycles. The van der Waals surface area contributed by atoms with Crippen molar-refractivity contribution < 1.29 is 27.4 Å². The molecule has 0 aromatic heterocycles. The minimum Gasteiger partial charge on any atom is -0.494 e. The molecule has 1 aromatic carbocycles. The Hall–Kier alpha value is -2.87. The summed E-state index contributed by atoms with van der Waals surface area (Å²) in [5.74, 6) is 1.95. The van der Waals surface area contributed by atoms with Gasteiger partial charge in [0.05, 0.1) is 12.2 Å². The van der Waals surface area contributed by atoms with Gasteiger partial charge >= 0.3 is 6.18 Å². The van der Waals surface area contributed by atoms with Crippen LogP contribution in [0.3, 0.4) is 0 Å². The Morgan fingerprint density at radius 1 is 0.969 bits per heavy atom. The number of benzene rings is 1. The summed E-state index contributed by atoms with van der Waals surface area (Å²) in [6.45, 7) is 4.80. The second kappa shape index (κ2) is 10.2. The van der Waals surface area contributed by atoms with Gasteiger partial charge in [-0.25, -0.2) is 0 Å². The summed E-state index contributed by atoms with van der Waals surface area (Å²) in [6, 6.07) is 4.81. The van der Waals surface area contributed by atoms with Crippen molar-refractivity contribution in [3.8, 4) is 5.75 Å². The first-order valence-electron chi connectivity index (χ1n) is 10.9. The molecule has 0 atom stereocenters. The number of piperazine rings is 1. The number of nitrogens with zero attached hydrogens (tertiary/aromatic N) is 2. The summed E-state index contributed by atoms with van der Waals surface area (Å²) in [4.78, 5) is 4.51. The highest BCUT2D eigenvalue weighted by atomic mass is 19.4. The van der Waals surface area contributed by atoms with Gasteiger partial charge in [-0.2, -0.15) is 13.2 Å². The topological polar surface area (TPSA) is 34.2 Å². The fourth-order valence-corrected chi connectivity index (χ4v) is 3.80. The molecule has 3 aliphatic rings. The van der Waals surface area contributed by atoms with Crippen molar-refractivity contribution in [2.45, 2.75) is 25.4 Å². The van der Waals surface area contributed by atoms with Crippen LogP contribution >= 0.6 is 0 Å². The van der Waals surface area contributed by atoms with Crippen LogP contribution in [0.1, 0.15) is 24.8 Å². The summed E-state index contributed by atoms with van der Waals surface area (Å²) in [5, 5.41) is 0. The van der Waals surface area contributed by atoms with Gasteiger partial charge in [-0.15, -0.1) is 0 Å². The Bertz CT molecular complexity index is 896. The van der Waals surface area contributed by atoms with E-state index in [1.54, 1.807) is 12.5 Å². The molecule has 2 heterocycles. The molecular weight excluding hydrogens is 421 g/mol. The van der Waals surface area contributed by atoms with Gasteiger partial charge in [0.1, 0.15) is 12.0 Å². The third kappa shape index (κ3) is 5.88. The first kappa shape index (κ1) is 22.3. The standard InChI is InChI=1S/C24H27F3N2O3/c25-24(26,27)20-7-9-21(10-8-20)30-16-4-11-28-12-14-29(15-13-28)23-18-31-22(17-32-23)19-5-2-1-3-6-19/h1-2,5,7-10,17-18H,3-4,6,11-16H2. The van der Waals surface area contributed by atoms with Gasteiger partial charge in [-0.1, -0.05) is 18.2 Å². The molecular formula is C24H27F3N2O3. The molecule has 0 N–H and O–H groups in total. The van der Waals surface area contributed by atoms with Crippen LogP contribution < -0.4 is 4.74 Å². The molecule has 1 aliphatic carbocycles. The van der Waals surface area contributed by atoms with Gasteiger partial charge in [-0.05, 0) is 49.1 Å². The van der Waals surface area contributed by atoms with E-state index < -0.39 is 11.7 Å². The van der Waals surface area contributed by atoms with Gasteiger partial charge in [0.15, 0.2) is 12.0 Å². The Labute approximate surface area is 186 Å². The minimum absolute atomic E-state index is 0.455. The third-order valence-electron chi connectivity index (χ3n) is 5.66. The highest BCUT2D eigenvalue weighted by molar-refractivity contribution is 5.33. The smallest absolute Gasteiger partial charge is 0.416 e. The molecule has 1 saturated heterocycles. The van der Waals surface area contributed by atoms with E-state index in [2.05, 4.69) is 22.0 Å². The fourth-order valence-electron chi connectivity index (χ4n) is 3.80. The van der Waals surface area contributed by atoms with Gasteiger partial charge in [0, 0.05) is 32.7 Å². The average molecular weight is 448 g/mol. The Balaban J connectivity index is 1.13. The lowest BCUT2D eigenvalue weighted by Gasteiger charge is -2.36. The summed E-state index contributed by atoms with van der Waals surface area (Å²) < 4.78 is 55.0. The van der Waals surface area contributed by atoms with E-state index in [1.807, 2.05) is 6.08 Å². The Kier molecular flexibility index (Phi) is 7.09. The molecule has 32 heavy (non-hydrogen) atoms. The number of ether oxygens (including phenoxy) is 3. The van der Waals surface area contributed by atoms with Crippen LogP contribution in [-0.2, 0) is 15.7 Å². The van der Waals surface area contributed by atoms with Crippen LogP contribution in [0, 0.1) is 0 Å². The van der Waals surface area contributed by atoms with Crippen LogP contribution in [0.15, 0.2) is 72.2 Å².